The highest BCUT2D eigenvalue weighted by Gasteiger charge is 2.11. The summed E-state index contributed by atoms with van der Waals surface area (Å²) >= 11 is 1.07. The molecule has 0 unspecified atom stereocenters. The van der Waals surface area contributed by atoms with Gasteiger partial charge in [0.2, 0.25) is 5.91 Å². The van der Waals surface area contributed by atoms with Crippen LogP contribution in [0.3, 0.4) is 0 Å². The summed E-state index contributed by atoms with van der Waals surface area (Å²) in [5.74, 6) is 0.167. The van der Waals surface area contributed by atoms with Gasteiger partial charge in [-0.25, -0.2) is 0 Å². The smallest absolute Gasteiger partial charge is 0.216 e. The van der Waals surface area contributed by atoms with Crippen LogP contribution in [0.5, 0.6) is 0 Å². The summed E-state index contributed by atoms with van der Waals surface area (Å²) in [5.41, 5.74) is 1.60. The summed E-state index contributed by atoms with van der Waals surface area (Å²) in [5, 5.41) is 2.42. The third kappa shape index (κ3) is 8.78. The molecule has 1 aromatic carbocycles. The van der Waals surface area contributed by atoms with Gasteiger partial charge in [-0.2, -0.15) is 0 Å². The normalized spacial score (nSPS) is 11.5. The molecule has 5 heteroatoms. The molecule has 0 aliphatic carbocycles. The van der Waals surface area contributed by atoms with E-state index in [1.54, 1.807) is 19.1 Å². The maximum absolute atomic E-state index is 11.9. The quantitative estimate of drug-likeness (QED) is 0.344. The number of nitrogens with one attached hydrogen (secondary N) is 1. The van der Waals surface area contributed by atoms with Crippen molar-refractivity contribution in [1.82, 2.24) is 5.32 Å². The molecule has 1 amide bonds. The van der Waals surface area contributed by atoms with E-state index >= 15 is 0 Å². The Kier molecular flexibility index (Phi) is 8.68. The van der Waals surface area contributed by atoms with Crippen LogP contribution in [0.2, 0.25) is 0 Å². The molecule has 23 heavy (non-hydrogen) atoms. The number of benzene rings is 1. The van der Waals surface area contributed by atoms with Gasteiger partial charge in [-0.05, 0) is 18.1 Å². The van der Waals surface area contributed by atoms with Crippen LogP contribution >= 0.6 is 11.8 Å². The van der Waals surface area contributed by atoms with Gasteiger partial charge in [0.05, 0.1) is 6.42 Å². The predicted octanol–water partition coefficient (Wildman–Crippen LogP) is 3.00. The van der Waals surface area contributed by atoms with E-state index in [0.29, 0.717) is 17.9 Å². The van der Waals surface area contributed by atoms with Crippen molar-refractivity contribution >= 4 is 34.6 Å². The molecule has 0 saturated heterocycles. The van der Waals surface area contributed by atoms with Gasteiger partial charge in [0.25, 0.3) is 0 Å². The van der Waals surface area contributed by atoms with Crippen molar-refractivity contribution in [3.8, 4) is 0 Å². The van der Waals surface area contributed by atoms with Gasteiger partial charge in [-0.1, -0.05) is 60.3 Å². The molecule has 1 aromatic rings. The molecule has 0 aromatic heterocycles. The average molecular weight is 331 g/mol. The number of thioether (sulfide) groups is 1. The van der Waals surface area contributed by atoms with Crippen molar-refractivity contribution in [2.45, 2.75) is 20.3 Å². The van der Waals surface area contributed by atoms with E-state index in [0.717, 1.165) is 17.3 Å². The lowest BCUT2D eigenvalue weighted by Crippen LogP contribution is -2.23. The fourth-order valence-corrected chi connectivity index (χ4v) is 2.34. The maximum atomic E-state index is 11.9. The Balaban J connectivity index is 2.38. The summed E-state index contributed by atoms with van der Waals surface area (Å²) in [6.45, 7) is 3.55. The molecule has 122 valence electrons. The summed E-state index contributed by atoms with van der Waals surface area (Å²) in [7, 11) is 0. The zero-order valence-corrected chi connectivity index (χ0v) is 14.2. The average Bonchev–Trinajstić information content (AvgIpc) is 2.52. The highest BCUT2D eigenvalue weighted by Crippen LogP contribution is 2.09. The van der Waals surface area contributed by atoms with E-state index in [-0.39, 0.29) is 23.2 Å². The van der Waals surface area contributed by atoms with Crippen molar-refractivity contribution in [3.63, 3.8) is 0 Å². The van der Waals surface area contributed by atoms with E-state index in [1.165, 1.54) is 6.92 Å². The van der Waals surface area contributed by atoms with Crippen molar-refractivity contribution in [2.75, 3.05) is 12.3 Å². The number of carbonyl (C=O) groups excluding carboxylic acids is 3. The Morgan fingerprint density at radius 2 is 1.83 bits per heavy atom. The fraction of sp³-hybridized carbons (Fsp3) is 0.278. The standard InChI is InChI=1S/C18H21NO3S/c1-14(7-6-10-16-8-4-3-5-9-16)17(21)13-18(22)23-12-11-19-15(2)20/h3-10H,11-13H2,1-2H3,(H,19,20)/b10-6+,14-7+. The third-order valence-corrected chi connectivity index (χ3v) is 3.79. The molecule has 0 radical (unpaired) electrons. The van der Waals surface area contributed by atoms with Crippen LogP contribution < -0.4 is 5.32 Å². The van der Waals surface area contributed by atoms with Crippen molar-refractivity contribution in [3.05, 3.63) is 53.6 Å². The molecule has 0 saturated carbocycles. The van der Waals surface area contributed by atoms with Gasteiger partial charge in [-0.3, -0.25) is 14.4 Å². The number of hydrogen-bond donors (Lipinski definition) is 1. The molecule has 4 nitrogen and oxygen atoms in total. The molecule has 1 rings (SSSR count). The first kappa shape index (κ1) is 18.9. The molecule has 0 atom stereocenters. The summed E-state index contributed by atoms with van der Waals surface area (Å²) in [4.78, 5) is 34.3. The van der Waals surface area contributed by atoms with Gasteiger partial charge >= 0.3 is 0 Å². The number of Topliss-reactive ketones (excluding diaryl/α,β-unsaturated/α-hetero) is 1. The molecule has 0 spiro atoms. The molecular weight excluding hydrogens is 310 g/mol. The summed E-state index contributed by atoms with van der Waals surface area (Å²) in [6.07, 6.45) is 5.30. The minimum absolute atomic E-state index is 0.119. The molecule has 1 N–H and O–H groups in total. The van der Waals surface area contributed by atoms with Gasteiger partial charge < -0.3 is 5.32 Å². The number of carbonyl (C=O) groups is 3. The molecule has 0 aliphatic rings. The van der Waals surface area contributed by atoms with E-state index < -0.39 is 0 Å². The van der Waals surface area contributed by atoms with Crippen LogP contribution in [0, 0.1) is 0 Å². The zero-order chi connectivity index (χ0) is 17.1. The molecule has 0 aliphatic heterocycles. The second kappa shape index (κ2) is 10.6. The molecule has 0 bridgehead atoms. The summed E-state index contributed by atoms with van der Waals surface area (Å²) in [6, 6.07) is 9.77. The highest BCUT2D eigenvalue weighted by molar-refractivity contribution is 8.13. The first-order valence-electron chi connectivity index (χ1n) is 7.32. The minimum Gasteiger partial charge on any atom is -0.356 e. The van der Waals surface area contributed by atoms with Gasteiger partial charge in [0, 0.05) is 19.2 Å². The van der Waals surface area contributed by atoms with E-state index in [4.69, 9.17) is 0 Å². The number of rotatable bonds is 8. The zero-order valence-electron chi connectivity index (χ0n) is 13.4. The van der Waals surface area contributed by atoms with Crippen LogP contribution in [0.15, 0.2) is 48.1 Å². The number of hydrogen-bond acceptors (Lipinski definition) is 4. The first-order valence-corrected chi connectivity index (χ1v) is 8.31. The SMILES string of the molecule is CC(=O)NCCSC(=O)CC(=O)/C(C)=C/C=C/c1ccccc1. The fourth-order valence-electron chi connectivity index (χ4n) is 1.67. The third-order valence-electron chi connectivity index (χ3n) is 2.92. The second-order valence-electron chi connectivity index (χ2n) is 4.92. The molecule has 0 heterocycles. The Hall–Kier alpha value is -2.14. The number of ketones is 1. The number of allylic oxidation sites excluding steroid dienone is 3. The van der Waals surface area contributed by atoms with Gasteiger partial charge in [0.1, 0.15) is 0 Å². The first-order chi connectivity index (χ1) is 11.0. The minimum atomic E-state index is -0.181. The Labute approximate surface area is 141 Å². The molecule has 0 fully saturated rings. The number of amides is 1. The second-order valence-corrected chi connectivity index (χ2v) is 6.08. The van der Waals surface area contributed by atoms with Crippen LogP contribution in [-0.4, -0.2) is 29.1 Å². The Morgan fingerprint density at radius 1 is 1.13 bits per heavy atom. The van der Waals surface area contributed by atoms with E-state index in [2.05, 4.69) is 5.32 Å². The van der Waals surface area contributed by atoms with Crippen LogP contribution in [0.25, 0.3) is 6.08 Å². The maximum Gasteiger partial charge on any atom is 0.216 e. The monoisotopic (exact) mass is 331 g/mol. The highest BCUT2D eigenvalue weighted by atomic mass is 32.2. The largest absolute Gasteiger partial charge is 0.356 e. The lowest BCUT2D eigenvalue weighted by atomic mass is 10.1. The van der Waals surface area contributed by atoms with E-state index in [9.17, 15) is 14.4 Å². The van der Waals surface area contributed by atoms with E-state index in [1.807, 2.05) is 36.4 Å². The molecular formula is C18H21NO3S. The lowest BCUT2D eigenvalue weighted by molar-refractivity contribution is -0.121. The lowest BCUT2D eigenvalue weighted by Gasteiger charge is -2.02. The Bertz CT molecular complexity index is 606. The van der Waals surface area contributed by atoms with Crippen LogP contribution in [0.1, 0.15) is 25.8 Å². The van der Waals surface area contributed by atoms with Crippen molar-refractivity contribution in [2.24, 2.45) is 0 Å². The van der Waals surface area contributed by atoms with Gasteiger partial charge in [-0.15, -0.1) is 0 Å². The summed E-state index contributed by atoms with van der Waals surface area (Å²) < 4.78 is 0. The van der Waals surface area contributed by atoms with Crippen LogP contribution in [-0.2, 0) is 14.4 Å². The Morgan fingerprint density at radius 3 is 2.48 bits per heavy atom. The predicted molar refractivity (Wildman–Crippen MR) is 95.0 cm³/mol. The van der Waals surface area contributed by atoms with Gasteiger partial charge in [0.15, 0.2) is 10.9 Å². The van der Waals surface area contributed by atoms with Crippen molar-refractivity contribution in [1.29, 1.82) is 0 Å². The van der Waals surface area contributed by atoms with Crippen LogP contribution in [0.4, 0.5) is 0 Å². The topological polar surface area (TPSA) is 63.2 Å². The van der Waals surface area contributed by atoms with Crippen molar-refractivity contribution < 1.29 is 14.4 Å².